The van der Waals surface area contributed by atoms with Crippen LogP contribution < -0.4 is 0 Å². The number of hydrogen-bond donors (Lipinski definition) is 1. The lowest BCUT2D eigenvalue weighted by Crippen LogP contribution is -1.92. The molecule has 0 atom stereocenters. The number of benzene rings is 1. The first-order valence-corrected chi connectivity index (χ1v) is 5.02. The van der Waals surface area contributed by atoms with Gasteiger partial charge in [0.15, 0.2) is 0 Å². The summed E-state index contributed by atoms with van der Waals surface area (Å²) in [5.74, 6) is 0.250. The first kappa shape index (κ1) is 10.4. The van der Waals surface area contributed by atoms with E-state index >= 15 is 0 Å². The lowest BCUT2D eigenvalue weighted by molar-refractivity contribution is 0.475. The summed E-state index contributed by atoms with van der Waals surface area (Å²) in [4.78, 5) is 0. The molecule has 0 aliphatic heterocycles. The number of phenols is 1. The zero-order valence-electron chi connectivity index (χ0n) is 8.80. The largest absolute Gasteiger partial charge is 0.508 e. The van der Waals surface area contributed by atoms with Gasteiger partial charge in [-0.2, -0.15) is 10.2 Å². The molecule has 1 aromatic carbocycles. The average molecular weight is 212 g/mol. The summed E-state index contributed by atoms with van der Waals surface area (Å²) in [6, 6.07) is 10.7. The summed E-state index contributed by atoms with van der Waals surface area (Å²) < 4.78 is 0. The monoisotopic (exact) mass is 212 g/mol. The van der Waals surface area contributed by atoms with Gasteiger partial charge in [0.2, 0.25) is 0 Å². The molecule has 0 saturated heterocycles. The number of aromatic hydroxyl groups is 1. The zero-order chi connectivity index (χ0) is 11.4. The Kier molecular flexibility index (Phi) is 2.96. The highest BCUT2D eigenvalue weighted by Gasteiger charge is 2.00. The number of allylic oxidation sites excluding steroid dienone is 1. The van der Waals surface area contributed by atoms with Crippen LogP contribution in [0.2, 0.25) is 0 Å². The molecular formula is C13H12N2O. The van der Waals surface area contributed by atoms with Crippen molar-refractivity contribution in [3.63, 3.8) is 0 Å². The molecule has 2 aromatic rings. The van der Waals surface area contributed by atoms with Gasteiger partial charge in [-0.1, -0.05) is 6.08 Å². The maximum Gasteiger partial charge on any atom is 0.115 e. The average Bonchev–Trinajstić information content (AvgIpc) is 2.32. The van der Waals surface area contributed by atoms with Crippen molar-refractivity contribution in [1.82, 2.24) is 10.2 Å². The normalized spacial score (nSPS) is 10.0. The minimum atomic E-state index is 0.250. The molecule has 16 heavy (non-hydrogen) atoms. The summed E-state index contributed by atoms with van der Waals surface area (Å²) in [6.07, 6.45) is 2.52. The third kappa shape index (κ3) is 2.25. The number of hydrogen-bond acceptors (Lipinski definition) is 3. The quantitative estimate of drug-likeness (QED) is 0.795. The van der Waals surface area contributed by atoms with Gasteiger partial charge in [-0.25, -0.2) is 0 Å². The van der Waals surface area contributed by atoms with Crippen LogP contribution in [0.15, 0.2) is 49.1 Å². The summed E-state index contributed by atoms with van der Waals surface area (Å²) >= 11 is 0. The van der Waals surface area contributed by atoms with Gasteiger partial charge in [-0.05, 0) is 36.4 Å². The highest BCUT2D eigenvalue weighted by atomic mass is 16.3. The highest BCUT2D eigenvalue weighted by Crippen LogP contribution is 2.19. The third-order valence-corrected chi connectivity index (χ3v) is 2.24. The molecule has 0 saturated carbocycles. The zero-order valence-corrected chi connectivity index (χ0v) is 8.80. The minimum Gasteiger partial charge on any atom is -0.508 e. The predicted molar refractivity (Wildman–Crippen MR) is 63.0 cm³/mol. The molecule has 0 spiro atoms. The van der Waals surface area contributed by atoms with E-state index in [9.17, 15) is 5.11 Å². The van der Waals surface area contributed by atoms with Crippen LogP contribution in [0.4, 0.5) is 0 Å². The first-order chi connectivity index (χ1) is 7.79. The van der Waals surface area contributed by atoms with E-state index in [2.05, 4.69) is 16.8 Å². The van der Waals surface area contributed by atoms with Crippen molar-refractivity contribution < 1.29 is 5.11 Å². The Hall–Kier alpha value is -2.16. The molecule has 1 heterocycles. The van der Waals surface area contributed by atoms with Crippen LogP contribution in [0.3, 0.4) is 0 Å². The fraction of sp³-hybridized carbons (Fsp3) is 0.0769. The molecule has 0 amide bonds. The molecule has 0 fully saturated rings. The van der Waals surface area contributed by atoms with Gasteiger partial charge in [-0.3, -0.25) is 0 Å². The summed E-state index contributed by atoms with van der Waals surface area (Å²) in [6.45, 7) is 3.65. The Bertz CT molecular complexity index is 474. The number of nitrogens with zero attached hydrogens (tertiary/aromatic N) is 2. The Morgan fingerprint density at radius 2 is 1.81 bits per heavy atom. The molecule has 3 nitrogen and oxygen atoms in total. The van der Waals surface area contributed by atoms with E-state index in [1.54, 1.807) is 18.2 Å². The van der Waals surface area contributed by atoms with Crippen LogP contribution in [-0.2, 0) is 6.42 Å². The smallest absolute Gasteiger partial charge is 0.115 e. The van der Waals surface area contributed by atoms with Gasteiger partial charge in [-0.15, -0.1) is 6.58 Å². The van der Waals surface area contributed by atoms with E-state index < -0.39 is 0 Å². The topological polar surface area (TPSA) is 46.0 Å². The molecule has 0 unspecified atom stereocenters. The van der Waals surface area contributed by atoms with E-state index in [0.717, 1.165) is 23.4 Å². The second-order valence-corrected chi connectivity index (χ2v) is 3.45. The van der Waals surface area contributed by atoms with Crippen molar-refractivity contribution in [2.45, 2.75) is 6.42 Å². The van der Waals surface area contributed by atoms with Crippen molar-refractivity contribution in [2.75, 3.05) is 0 Å². The van der Waals surface area contributed by atoms with Crippen LogP contribution in [-0.4, -0.2) is 15.3 Å². The number of aromatic nitrogens is 2. The maximum absolute atomic E-state index is 9.17. The maximum atomic E-state index is 9.17. The molecule has 3 heteroatoms. The molecule has 0 radical (unpaired) electrons. The molecule has 2 rings (SSSR count). The Morgan fingerprint density at radius 1 is 1.06 bits per heavy atom. The number of rotatable bonds is 3. The van der Waals surface area contributed by atoms with Gasteiger partial charge in [0.05, 0.1) is 11.4 Å². The van der Waals surface area contributed by atoms with Crippen molar-refractivity contribution in [2.24, 2.45) is 0 Å². The van der Waals surface area contributed by atoms with Gasteiger partial charge < -0.3 is 5.11 Å². The molecule has 0 aliphatic rings. The third-order valence-electron chi connectivity index (χ3n) is 2.24. The van der Waals surface area contributed by atoms with E-state index in [-0.39, 0.29) is 5.75 Å². The van der Waals surface area contributed by atoms with Crippen LogP contribution >= 0.6 is 0 Å². The van der Waals surface area contributed by atoms with E-state index in [1.807, 2.05) is 24.3 Å². The Morgan fingerprint density at radius 3 is 2.38 bits per heavy atom. The Labute approximate surface area is 94.1 Å². The second kappa shape index (κ2) is 4.57. The van der Waals surface area contributed by atoms with Crippen molar-refractivity contribution >= 4 is 0 Å². The standard InChI is InChI=1S/C13H12N2O/c1-2-3-11-6-9-13(15-14-11)10-4-7-12(16)8-5-10/h2,4-9,16H,1,3H2. The second-order valence-electron chi connectivity index (χ2n) is 3.45. The molecule has 0 bridgehead atoms. The molecule has 0 aliphatic carbocycles. The fourth-order valence-electron chi connectivity index (χ4n) is 1.40. The lowest BCUT2D eigenvalue weighted by Gasteiger charge is -2.01. The fourth-order valence-corrected chi connectivity index (χ4v) is 1.40. The van der Waals surface area contributed by atoms with E-state index in [4.69, 9.17) is 0 Å². The van der Waals surface area contributed by atoms with Gasteiger partial charge in [0.1, 0.15) is 5.75 Å². The first-order valence-electron chi connectivity index (χ1n) is 5.02. The summed E-state index contributed by atoms with van der Waals surface area (Å²) in [7, 11) is 0. The SMILES string of the molecule is C=CCc1ccc(-c2ccc(O)cc2)nn1. The van der Waals surface area contributed by atoms with Crippen LogP contribution in [0.25, 0.3) is 11.3 Å². The molecular weight excluding hydrogens is 200 g/mol. The van der Waals surface area contributed by atoms with Gasteiger partial charge in [0.25, 0.3) is 0 Å². The Balaban J connectivity index is 2.27. The van der Waals surface area contributed by atoms with E-state index in [0.29, 0.717) is 0 Å². The van der Waals surface area contributed by atoms with Gasteiger partial charge >= 0.3 is 0 Å². The lowest BCUT2D eigenvalue weighted by atomic mass is 10.1. The van der Waals surface area contributed by atoms with Crippen LogP contribution in [0.5, 0.6) is 5.75 Å². The van der Waals surface area contributed by atoms with Crippen LogP contribution in [0.1, 0.15) is 5.69 Å². The summed E-state index contributed by atoms with van der Waals surface area (Å²) in [5, 5.41) is 17.4. The molecule has 80 valence electrons. The molecule has 1 N–H and O–H groups in total. The minimum absolute atomic E-state index is 0.250. The van der Waals surface area contributed by atoms with E-state index in [1.165, 1.54) is 0 Å². The number of phenolic OH excluding ortho intramolecular Hbond substituents is 1. The highest BCUT2D eigenvalue weighted by molar-refractivity contribution is 5.59. The molecule has 1 aromatic heterocycles. The predicted octanol–water partition coefficient (Wildman–Crippen LogP) is 2.58. The van der Waals surface area contributed by atoms with Crippen molar-refractivity contribution in [1.29, 1.82) is 0 Å². The summed E-state index contributed by atoms with van der Waals surface area (Å²) in [5.41, 5.74) is 2.64. The van der Waals surface area contributed by atoms with Crippen LogP contribution in [0, 0.1) is 0 Å². The van der Waals surface area contributed by atoms with Crippen molar-refractivity contribution in [3.8, 4) is 17.0 Å². The van der Waals surface area contributed by atoms with Gasteiger partial charge in [0, 0.05) is 12.0 Å². The van der Waals surface area contributed by atoms with Crippen molar-refractivity contribution in [3.05, 3.63) is 54.7 Å².